The van der Waals surface area contributed by atoms with Crippen molar-refractivity contribution in [2.24, 2.45) is 0 Å². The quantitative estimate of drug-likeness (QED) is 0.402. The second-order valence-electron chi connectivity index (χ2n) is 1.20. The Morgan fingerprint density at radius 1 is 1.86 bits per heavy atom. The van der Waals surface area contributed by atoms with Crippen LogP contribution in [0.1, 0.15) is 6.92 Å². The first kappa shape index (κ1) is 6.82. The maximum atomic E-state index is 10.2. The largest absolute Gasteiger partial charge is 0.468 e. The Balaban J connectivity index is 3.35. The number of ether oxygens (including phenoxy) is 1. The van der Waals surface area contributed by atoms with Crippen LogP contribution in [0.4, 0.5) is 0 Å². The van der Waals surface area contributed by atoms with Crippen LogP contribution >= 0.6 is 12.6 Å². The van der Waals surface area contributed by atoms with Gasteiger partial charge in [0.2, 0.25) is 0 Å². The van der Waals surface area contributed by atoms with Crippen molar-refractivity contribution in [2.75, 3.05) is 7.11 Å². The Bertz CT molecular complexity index is 70.1. The van der Waals surface area contributed by atoms with Gasteiger partial charge >= 0.3 is 5.97 Å². The van der Waals surface area contributed by atoms with Crippen LogP contribution in [0.3, 0.4) is 0 Å². The minimum Gasteiger partial charge on any atom is -0.468 e. The van der Waals surface area contributed by atoms with E-state index in [1.165, 1.54) is 7.11 Å². The summed E-state index contributed by atoms with van der Waals surface area (Å²) in [6.07, 6.45) is 0. The average Bonchev–Trinajstić information content (AvgIpc) is 1.65. The highest BCUT2D eigenvalue weighted by molar-refractivity contribution is 7.81. The number of methoxy groups -OCH3 is 1. The summed E-state index contributed by atoms with van der Waals surface area (Å²) < 4.78 is 4.30. The molecule has 0 aliphatic rings. The van der Waals surface area contributed by atoms with Gasteiger partial charge in [0.05, 0.1) is 12.4 Å². The average molecular weight is 120 g/mol. The molecule has 1 atom stereocenters. The molecular formula is C4H8O2S. The molecule has 0 spiro atoms. The van der Waals surface area contributed by atoms with E-state index in [4.69, 9.17) is 0 Å². The zero-order valence-corrected chi connectivity index (χ0v) is 5.24. The third-order valence-electron chi connectivity index (χ3n) is 0.542. The number of carbonyl (C=O) groups excluding carboxylic acids is 1. The van der Waals surface area contributed by atoms with Crippen molar-refractivity contribution in [3.05, 3.63) is 0 Å². The highest BCUT2D eigenvalue weighted by Crippen LogP contribution is 1.92. The molecular weight excluding hydrogens is 112 g/mol. The van der Waals surface area contributed by atoms with E-state index in [9.17, 15) is 4.79 Å². The Morgan fingerprint density at radius 2 is 2.29 bits per heavy atom. The molecule has 0 saturated heterocycles. The lowest BCUT2D eigenvalue weighted by atomic mass is 10.5. The van der Waals surface area contributed by atoms with Crippen molar-refractivity contribution in [3.8, 4) is 0 Å². The van der Waals surface area contributed by atoms with Gasteiger partial charge in [0.15, 0.2) is 0 Å². The van der Waals surface area contributed by atoms with Crippen LogP contribution in [-0.2, 0) is 9.53 Å². The lowest BCUT2D eigenvalue weighted by molar-refractivity contribution is -0.139. The summed E-state index contributed by atoms with van der Waals surface area (Å²) in [5.41, 5.74) is 0. The lowest BCUT2D eigenvalue weighted by Crippen LogP contribution is -2.11. The van der Waals surface area contributed by atoms with Gasteiger partial charge < -0.3 is 4.74 Å². The summed E-state index contributed by atoms with van der Waals surface area (Å²) in [5.74, 6) is -0.289. The number of carbonyl (C=O) groups is 1. The van der Waals surface area contributed by atoms with Crippen molar-refractivity contribution in [3.63, 3.8) is 0 Å². The van der Waals surface area contributed by atoms with Gasteiger partial charge in [0, 0.05) is 0 Å². The molecule has 0 heterocycles. The number of esters is 1. The van der Waals surface area contributed by atoms with Gasteiger partial charge in [0.1, 0.15) is 0 Å². The molecule has 0 radical (unpaired) electrons. The van der Waals surface area contributed by atoms with Crippen molar-refractivity contribution in [1.82, 2.24) is 0 Å². The third-order valence-corrected chi connectivity index (χ3v) is 0.753. The van der Waals surface area contributed by atoms with Crippen LogP contribution in [0, 0.1) is 0 Å². The molecule has 0 aromatic carbocycles. The molecule has 0 aliphatic heterocycles. The fourth-order valence-corrected chi connectivity index (χ4v) is 0.276. The number of rotatable bonds is 1. The molecule has 7 heavy (non-hydrogen) atoms. The van der Waals surface area contributed by atoms with Crippen LogP contribution in [0.15, 0.2) is 0 Å². The van der Waals surface area contributed by atoms with Crippen LogP contribution in [0.5, 0.6) is 0 Å². The maximum absolute atomic E-state index is 10.2. The molecule has 3 heteroatoms. The predicted molar refractivity (Wildman–Crippen MR) is 30.5 cm³/mol. The molecule has 0 rings (SSSR count). The highest BCUT2D eigenvalue weighted by atomic mass is 32.1. The Kier molecular flexibility index (Phi) is 2.83. The second-order valence-corrected chi connectivity index (χ2v) is 1.97. The van der Waals surface area contributed by atoms with E-state index < -0.39 is 0 Å². The van der Waals surface area contributed by atoms with Crippen molar-refractivity contribution >= 4 is 18.6 Å². The van der Waals surface area contributed by atoms with E-state index in [1.54, 1.807) is 6.92 Å². The van der Waals surface area contributed by atoms with Crippen LogP contribution in [0.2, 0.25) is 0 Å². The van der Waals surface area contributed by atoms with E-state index in [0.29, 0.717) is 0 Å². The minimum atomic E-state index is -0.301. The van der Waals surface area contributed by atoms with Gasteiger partial charge in [-0.1, -0.05) is 0 Å². The topological polar surface area (TPSA) is 26.3 Å². The Morgan fingerprint density at radius 3 is 2.29 bits per heavy atom. The van der Waals surface area contributed by atoms with Gasteiger partial charge in [-0.15, -0.1) is 0 Å². The van der Waals surface area contributed by atoms with Crippen molar-refractivity contribution in [1.29, 1.82) is 0 Å². The number of hydrogen-bond donors (Lipinski definition) is 1. The standard InChI is InChI=1S/C4H8O2S/c1-3(7)4(5)6-2/h3,7H,1-2H3/t3-/m1/s1. The van der Waals surface area contributed by atoms with Gasteiger partial charge in [-0.25, -0.2) is 0 Å². The van der Waals surface area contributed by atoms with Gasteiger partial charge in [0.25, 0.3) is 0 Å². The van der Waals surface area contributed by atoms with Crippen LogP contribution < -0.4 is 0 Å². The molecule has 0 aromatic rings. The van der Waals surface area contributed by atoms with Crippen LogP contribution in [0.25, 0.3) is 0 Å². The van der Waals surface area contributed by atoms with Crippen LogP contribution in [-0.4, -0.2) is 18.3 Å². The molecule has 0 aromatic heterocycles. The molecule has 0 saturated carbocycles. The number of hydrogen-bond acceptors (Lipinski definition) is 3. The van der Waals surface area contributed by atoms with E-state index >= 15 is 0 Å². The minimum absolute atomic E-state index is 0.289. The predicted octanol–water partition coefficient (Wildman–Crippen LogP) is 0.478. The second kappa shape index (κ2) is 2.91. The highest BCUT2D eigenvalue weighted by Gasteiger charge is 2.04. The zero-order valence-electron chi connectivity index (χ0n) is 4.34. The third kappa shape index (κ3) is 2.51. The normalized spacial score (nSPS) is 13.0. The van der Waals surface area contributed by atoms with E-state index in [0.717, 1.165) is 0 Å². The summed E-state index contributed by atoms with van der Waals surface area (Å²) in [7, 11) is 1.34. The van der Waals surface area contributed by atoms with Crippen molar-refractivity contribution in [2.45, 2.75) is 12.2 Å². The monoisotopic (exact) mass is 120 g/mol. The molecule has 2 nitrogen and oxygen atoms in total. The summed E-state index contributed by atoms with van der Waals surface area (Å²) in [4.78, 5) is 10.2. The molecule has 0 aliphatic carbocycles. The smallest absolute Gasteiger partial charge is 0.318 e. The molecule has 42 valence electrons. The fourth-order valence-electron chi connectivity index (χ4n) is 0.171. The Labute approximate surface area is 48.3 Å². The molecule has 0 bridgehead atoms. The SMILES string of the molecule is COC(=O)[C@@H](C)S. The van der Waals surface area contributed by atoms with Crippen molar-refractivity contribution < 1.29 is 9.53 Å². The molecule has 0 amide bonds. The molecule has 0 fully saturated rings. The summed E-state index contributed by atoms with van der Waals surface area (Å²) in [6.45, 7) is 1.66. The number of thiol groups is 1. The van der Waals surface area contributed by atoms with Gasteiger partial charge in [-0.05, 0) is 6.92 Å². The van der Waals surface area contributed by atoms with Gasteiger partial charge in [-0.2, -0.15) is 12.6 Å². The lowest BCUT2D eigenvalue weighted by Gasteiger charge is -1.97. The fraction of sp³-hybridized carbons (Fsp3) is 0.750. The van der Waals surface area contributed by atoms with E-state index in [-0.39, 0.29) is 11.2 Å². The van der Waals surface area contributed by atoms with Gasteiger partial charge in [-0.3, -0.25) is 4.79 Å². The summed E-state index contributed by atoms with van der Waals surface area (Å²) >= 11 is 3.80. The summed E-state index contributed by atoms with van der Waals surface area (Å²) in [6, 6.07) is 0. The first-order valence-corrected chi connectivity index (χ1v) is 2.46. The Hall–Kier alpha value is -0.180. The summed E-state index contributed by atoms with van der Waals surface area (Å²) in [5, 5.41) is -0.301. The molecule has 0 unspecified atom stereocenters. The van der Waals surface area contributed by atoms with E-state index in [1.807, 2.05) is 0 Å². The zero-order chi connectivity index (χ0) is 5.86. The van der Waals surface area contributed by atoms with E-state index in [2.05, 4.69) is 17.4 Å². The molecule has 0 N–H and O–H groups in total. The first-order chi connectivity index (χ1) is 3.18. The maximum Gasteiger partial charge on any atom is 0.318 e. The first-order valence-electron chi connectivity index (χ1n) is 1.94.